The molecule has 2 amide bonds. The van der Waals surface area contributed by atoms with Crippen LogP contribution >= 0.6 is 0 Å². The fraction of sp³-hybridized carbons (Fsp3) is 0.517. The summed E-state index contributed by atoms with van der Waals surface area (Å²) in [7, 11) is -3.84. The van der Waals surface area contributed by atoms with Gasteiger partial charge in [-0.3, -0.25) is 34.4 Å². The number of pyridine rings is 1. The van der Waals surface area contributed by atoms with Crippen LogP contribution < -0.4 is 25.2 Å². The number of amides is 2. The van der Waals surface area contributed by atoms with Crippen LogP contribution in [-0.2, 0) is 26.5 Å². The summed E-state index contributed by atoms with van der Waals surface area (Å²) in [4.78, 5) is 64.4. The number of nitrogens with one attached hydrogen (secondary N) is 3. The second-order valence-corrected chi connectivity index (χ2v) is 26.4. The van der Waals surface area contributed by atoms with Gasteiger partial charge in [0.1, 0.15) is 28.6 Å². The molecule has 0 unspecified atom stereocenters. The lowest BCUT2D eigenvalue weighted by Gasteiger charge is -2.45. The van der Waals surface area contributed by atoms with Crippen LogP contribution in [0.3, 0.4) is 0 Å². The number of anilines is 4. The van der Waals surface area contributed by atoms with Gasteiger partial charge in [0, 0.05) is 143 Å². The molecule has 20 nitrogen and oxygen atoms in total. The average Bonchev–Trinajstić information content (AvgIpc) is 3.98. The summed E-state index contributed by atoms with van der Waals surface area (Å²) in [6.07, 6.45) is 7.84. The van der Waals surface area contributed by atoms with E-state index in [1.807, 2.05) is 29.8 Å². The van der Waals surface area contributed by atoms with Crippen LogP contribution in [0.2, 0.25) is 0 Å². The first kappa shape index (κ1) is 56.6. The zero-order valence-corrected chi connectivity index (χ0v) is 48.4. The van der Waals surface area contributed by atoms with Crippen molar-refractivity contribution in [2.75, 3.05) is 107 Å². The number of carbonyl (C=O) groups excluding carboxylic acids is 2. The van der Waals surface area contributed by atoms with Crippen LogP contribution in [0.15, 0.2) is 72.3 Å². The number of sulfone groups is 1. The quantitative estimate of drug-likeness (QED) is 0.0959. The van der Waals surface area contributed by atoms with Gasteiger partial charge in [0.25, 0.3) is 5.91 Å². The van der Waals surface area contributed by atoms with Crippen molar-refractivity contribution < 1.29 is 27.1 Å². The zero-order valence-electron chi connectivity index (χ0n) is 47.6. The Morgan fingerprint density at radius 1 is 0.875 bits per heavy atom. The van der Waals surface area contributed by atoms with Gasteiger partial charge in [-0.15, -0.1) is 0 Å². The molecule has 3 fully saturated rings. The highest BCUT2D eigenvalue weighted by Gasteiger charge is 2.42. The number of ether oxygens (including phenoxy) is 1. The molecule has 0 aliphatic carbocycles. The summed E-state index contributed by atoms with van der Waals surface area (Å²) in [6.45, 7) is 26.5. The van der Waals surface area contributed by atoms with E-state index in [2.05, 4.69) is 84.2 Å². The number of benzene rings is 2. The molecule has 0 radical (unpaired) electrons. The summed E-state index contributed by atoms with van der Waals surface area (Å²) >= 11 is 0. The predicted molar refractivity (Wildman–Crippen MR) is 307 cm³/mol. The van der Waals surface area contributed by atoms with Crippen molar-refractivity contribution in [3.8, 4) is 5.75 Å². The van der Waals surface area contributed by atoms with E-state index in [0.29, 0.717) is 92.7 Å². The fourth-order valence-electron chi connectivity index (χ4n) is 11.3. The number of carbonyl (C=O) groups is 2. The second-order valence-electron chi connectivity index (χ2n) is 23.8. The Bertz CT molecular complexity index is 3330. The standard InChI is InChI=1S/C58H76FN15O5S/c1-37-31-73(34-51(75)74-35-58(8,9)52-48(74)24-42(27-61-52)23-41-11-13-44(59)14-12-41)45(30-60-37)33-71-20-21-72(32-38(71)2)56-62-28-43(29-63-56)55(76)70-18-16-69(17-19-70)15-10-22-79-49-26-47-46(25-50(49)80(77,78)57(5,6)7)54(65-36-64-47)66-53-39(3)40(4)67-68-53/h11-14,24-29,36-38,45,60H,10,15-23,30-35H2,1-9H3,(H2,64,65,66,67,68)/t37-,38-,45-/m1/s1. The molecule has 10 rings (SSSR count). The first-order valence-corrected chi connectivity index (χ1v) is 29.4. The maximum Gasteiger partial charge on any atom is 0.257 e. The molecular weight excluding hydrogens is 1040 g/mol. The number of fused-ring (bicyclic) bond motifs is 2. The third kappa shape index (κ3) is 12.1. The van der Waals surface area contributed by atoms with E-state index in [1.54, 1.807) is 57.4 Å². The fourth-order valence-corrected chi connectivity index (χ4v) is 12.6. The number of rotatable bonds is 16. The van der Waals surface area contributed by atoms with Gasteiger partial charge < -0.3 is 30.1 Å². The summed E-state index contributed by atoms with van der Waals surface area (Å²) in [5, 5.41) is 14.7. The number of aromatic nitrogens is 7. The van der Waals surface area contributed by atoms with Gasteiger partial charge in [-0.2, -0.15) is 5.10 Å². The molecule has 4 aromatic heterocycles. The molecule has 80 heavy (non-hydrogen) atoms. The molecule has 3 N–H and O–H groups in total. The van der Waals surface area contributed by atoms with E-state index in [-0.39, 0.29) is 58.4 Å². The molecule has 0 saturated carbocycles. The van der Waals surface area contributed by atoms with Crippen molar-refractivity contribution >= 4 is 55.8 Å². The van der Waals surface area contributed by atoms with Gasteiger partial charge >= 0.3 is 0 Å². The molecule has 6 aromatic rings. The first-order chi connectivity index (χ1) is 38.1. The maximum atomic E-state index is 14.4. The summed E-state index contributed by atoms with van der Waals surface area (Å²) in [6, 6.07) is 12.5. The Labute approximate surface area is 468 Å². The molecule has 8 heterocycles. The molecule has 426 valence electrons. The van der Waals surface area contributed by atoms with E-state index < -0.39 is 14.6 Å². The van der Waals surface area contributed by atoms with Crippen molar-refractivity contribution in [3.05, 3.63) is 107 Å². The Balaban J connectivity index is 0.692. The van der Waals surface area contributed by atoms with Gasteiger partial charge in [0.15, 0.2) is 15.7 Å². The van der Waals surface area contributed by atoms with Gasteiger partial charge in [-0.1, -0.05) is 26.0 Å². The lowest BCUT2D eigenvalue weighted by molar-refractivity contribution is -0.120. The van der Waals surface area contributed by atoms with E-state index in [0.717, 1.165) is 73.0 Å². The minimum absolute atomic E-state index is 0.0675. The van der Waals surface area contributed by atoms with Crippen LogP contribution in [0.25, 0.3) is 10.9 Å². The van der Waals surface area contributed by atoms with E-state index in [4.69, 9.17) is 19.7 Å². The lowest BCUT2D eigenvalue weighted by Crippen LogP contribution is -2.63. The molecule has 4 aliphatic heterocycles. The molecule has 3 saturated heterocycles. The highest BCUT2D eigenvalue weighted by molar-refractivity contribution is 7.92. The summed E-state index contributed by atoms with van der Waals surface area (Å²) in [5.41, 5.74) is 6.29. The van der Waals surface area contributed by atoms with Crippen molar-refractivity contribution in [3.63, 3.8) is 0 Å². The van der Waals surface area contributed by atoms with E-state index in [9.17, 15) is 22.4 Å². The number of aryl methyl sites for hydroxylation is 1. The number of aromatic amines is 1. The number of hydrogen-bond acceptors (Lipinski definition) is 17. The number of piperazine rings is 3. The van der Waals surface area contributed by atoms with Crippen LogP contribution in [0.1, 0.15) is 93.3 Å². The van der Waals surface area contributed by atoms with Crippen LogP contribution in [0, 0.1) is 19.7 Å². The third-order valence-corrected chi connectivity index (χ3v) is 18.8. The smallest absolute Gasteiger partial charge is 0.257 e. The maximum absolute atomic E-state index is 14.4. The van der Waals surface area contributed by atoms with Gasteiger partial charge in [0.2, 0.25) is 11.9 Å². The summed E-state index contributed by atoms with van der Waals surface area (Å²) in [5.74, 6) is 1.58. The SMILES string of the molecule is Cc1[nH]nc(Nc2ncnc3cc(OCCCN4CCN(C(=O)c5cnc(N6CCN(C[C@H]7CN[C@H](C)CN7CC(=O)N7CC(C)(C)c8ncc(Cc9ccc(F)cc9)cc87)[C@H](C)C6)nc5)CC4)c(S(=O)(=O)C(C)(C)C)cc23)c1C. The molecule has 4 aliphatic rings. The normalized spacial score (nSPS) is 20.3. The molecule has 0 spiro atoms. The number of H-pyrrole nitrogens is 1. The minimum atomic E-state index is -3.84. The topological polar surface area (TPSA) is 214 Å². The average molecular weight is 1110 g/mol. The van der Waals surface area contributed by atoms with Gasteiger partial charge in [-0.25, -0.2) is 32.7 Å². The monoisotopic (exact) mass is 1110 g/mol. The number of halogens is 1. The third-order valence-electron chi connectivity index (χ3n) is 16.3. The Morgan fingerprint density at radius 2 is 1.62 bits per heavy atom. The first-order valence-electron chi connectivity index (χ1n) is 27.9. The van der Waals surface area contributed by atoms with E-state index in [1.165, 1.54) is 18.5 Å². The number of hydrogen-bond donors (Lipinski definition) is 3. The van der Waals surface area contributed by atoms with Crippen LogP contribution in [-0.4, -0.2) is 190 Å². The number of nitrogens with zero attached hydrogens (tertiary/aromatic N) is 12. The molecule has 3 atom stereocenters. The summed E-state index contributed by atoms with van der Waals surface area (Å²) < 4.78 is 46.8. The van der Waals surface area contributed by atoms with Gasteiger partial charge in [-0.05, 0) is 96.7 Å². The van der Waals surface area contributed by atoms with Crippen molar-refractivity contribution in [1.82, 2.24) is 60.0 Å². The Hall–Kier alpha value is -6.72. The lowest BCUT2D eigenvalue weighted by atomic mass is 9.91. The minimum Gasteiger partial charge on any atom is -0.492 e. The Morgan fingerprint density at radius 3 is 2.33 bits per heavy atom. The Kier molecular flexibility index (Phi) is 16.3. The van der Waals surface area contributed by atoms with Crippen LogP contribution in [0.5, 0.6) is 5.75 Å². The van der Waals surface area contributed by atoms with Gasteiger partial charge in [0.05, 0.1) is 40.4 Å². The highest BCUT2D eigenvalue weighted by Crippen LogP contribution is 2.41. The molecule has 2 aromatic carbocycles. The predicted octanol–water partition coefficient (Wildman–Crippen LogP) is 5.92. The van der Waals surface area contributed by atoms with E-state index >= 15 is 0 Å². The van der Waals surface area contributed by atoms with Crippen molar-refractivity contribution in [1.29, 1.82) is 0 Å². The zero-order chi connectivity index (χ0) is 56.7. The second kappa shape index (κ2) is 23.0. The van der Waals surface area contributed by atoms with Crippen molar-refractivity contribution in [2.24, 2.45) is 0 Å². The largest absolute Gasteiger partial charge is 0.492 e. The highest BCUT2D eigenvalue weighted by atomic mass is 32.2. The molecule has 22 heteroatoms. The molecular formula is C58H76FN15O5S. The molecule has 0 bridgehead atoms. The van der Waals surface area contributed by atoms with Crippen LogP contribution in [0.4, 0.5) is 27.7 Å². The van der Waals surface area contributed by atoms with Crippen molar-refractivity contribution in [2.45, 2.75) is 108 Å².